The van der Waals surface area contributed by atoms with Crippen molar-refractivity contribution in [3.63, 3.8) is 0 Å². The van der Waals surface area contributed by atoms with E-state index in [2.05, 4.69) is 16.9 Å². The number of hydrogen-bond acceptors (Lipinski definition) is 2. The summed E-state index contributed by atoms with van der Waals surface area (Å²) in [5.41, 5.74) is 0.884. The maximum Gasteiger partial charge on any atom is 0.0277 e. The molecule has 0 aromatic rings. The largest absolute Gasteiger partial charge is 0.389 e. The molecule has 0 heterocycles. The van der Waals surface area contributed by atoms with Gasteiger partial charge in [0, 0.05) is 26.0 Å². The topological polar surface area (TPSA) is 24.4 Å². The summed E-state index contributed by atoms with van der Waals surface area (Å²) in [4.78, 5) is 3.76. The molecule has 1 N–H and O–H groups in total. The zero-order chi connectivity index (χ0) is 7.11. The molecule has 0 aromatic heterocycles. The highest BCUT2D eigenvalue weighted by atomic mass is 14.8. The Morgan fingerprint density at radius 2 is 2.33 bits per heavy atom. The van der Waals surface area contributed by atoms with Crippen LogP contribution in [0.3, 0.4) is 0 Å². The number of nitrogens with one attached hydrogen (secondary N) is 1. The van der Waals surface area contributed by atoms with Gasteiger partial charge in [-0.05, 0) is 12.2 Å². The van der Waals surface area contributed by atoms with Gasteiger partial charge in [-0.1, -0.05) is 6.58 Å². The van der Waals surface area contributed by atoms with Crippen LogP contribution in [-0.2, 0) is 0 Å². The first-order valence-electron chi connectivity index (χ1n) is 2.76. The van der Waals surface area contributed by atoms with Gasteiger partial charge in [-0.15, -0.1) is 0 Å². The third-order valence-corrected chi connectivity index (χ3v) is 0.854. The second-order valence-electron chi connectivity index (χ2n) is 1.54. The van der Waals surface area contributed by atoms with Crippen molar-refractivity contribution in [3.8, 4) is 0 Å². The fourth-order valence-electron chi connectivity index (χ4n) is 0.329. The van der Waals surface area contributed by atoms with E-state index in [1.165, 1.54) is 0 Å². The van der Waals surface area contributed by atoms with Crippen molar-refractivity contribution in [2.75, 3.05) is 14.1 Å². The smallest absolute Gasteiger partial charge is 0.0277 e. The van der Waals surface area contributed by atoms with Crippen molar-refractivity contribution in [3.05, 3.63) is 24.4 Å². The molecule has 0 aromatic carbocycles. The maximum atomic E-state index is 3.76. The Balaban J connectivity index is 3.57. The summed E-state index contributed by atoms with van der Waals surface area (Å²) in [5, 5.41) is 2.88. The predicted octanol–water partition coefficient (Wildman–Crippen LogP) is 0.976. The molecule has 0 fully saturated rings. The number of aliphatic imine (C=N–C) groups is 1. The zero-order valence-electron chi connectivity index (χ0n) is 5.89. The van der Waals surface area contributed by atoms with Gasteiger partial charge < -0.3 is 5.32 Å². The lowest BCUT2D eigenvalue weighted by Crippen LogP contribution is -2.00. The number of hydrogen-bond donors (Lipinski definition) is 1. The van der Waals surface area contributed by atoms with E-state index >= 15 is 0 Å². The van der Waals surface area contributed by atoms with E-state index in [0.717, 1.165) is 5.70 Å². The van der Waals surface area contributed by atoms with Gasteiger partial charge in [0.2, 0.25) is 0 Å². The Morgan fingerprint density at radius 3 is 2.78 bits per heavy atom. The average Bonchev–Trinajstić information content (AvgIpc) is 1.89. The van der Waals surface area contributed by atoms with Crippen LogP contribution in [0.1, 0.15) is 0 Å². The van der Waals surface area contributed by atoms with Gasteiger partial charge in [0.1, 0.15) is 0 Å². The maximum absolute atomic E-state index is 3.76. The third kappa shape index (κ3) is 4.81. The lowest BCUT2D eigenvalue weighted by atomic mass is 10.4. The molecule has 0 saturated carbocycles. The molecule has 2 heteroatoms. The third-order valence-electron chi connectivity index (χ3n) is 0.854. The van der Waals surface area contributed by atoms with Crippen LogP contribution in [-0.4, -0.2) is 20.3 Å². The van der Waals surface area contributed by atoms with Gasteiger partial charge in [0.15, 0.2) is 0 Å². The molecule has 9 heavy (non-hydrogen) atoms. The molecule has 0 amide bonds. The molecule has 0 rings (SSSR count). The van der Waals surface area contributed by atoms with Crippen LogP contribution in [0.2, 0.25) is 0 Å². The SMILES string of the molecule is C=C(/C=C\C=NC)NC. The zero-order valence-corrected chi connectivity index (χ0v) is 5.89. The molecule has 0 atom stereocenters. The number of nitrogens with zero attached hydrogens (tertiary/aromatic N) is 1. The molecule has 0 unspecified atom stereocenters. The van der Waals surface area contributed by atoms with Gasteiger partial charge in [-0.25, -0.2) is 0 Å². The highest BCUT2D eigenvalue weighted by Crippen LogP contribution is 1.81. The van der Waals surface area contributed by atoms with Crippen LogP contribution in [0.4, 0.5) is 0 Å². The summed E-state index contributed by atoms with van der Waals surface area (Å²) < 4.78 is 0. The van der Waals surface area contributed by atoms with Gasteiger partial charge in [-0.3, -0.25) is 4.99 Å². The number of rotatable bonds is 3. The van der Waals surface area contributed by atoms with Crippen LogP contribution in [0.15, 0.2) is 29.4 Å². The first-order valence-corrected chi connectivity index (χ1v) is 2.76. The van der Waals surface area contributed by atoms with E-state index in [4.69, 9.17) is 0 Å². The molecule has 0 spiro atoms. The van der Waals surface area contributed by atoms with E-state index in [0.29, 0.717) is 0 Å². The van der Waals surface area contributed by atoms with Crippen LogP contribution in [0, 0.1) is 0 Å². The van der Waals surface area contributed by atoms with E-state index in [1.54, 1.807) is 13.3 Å². The monoisotopic (exact) mass is 124 g/mol. The van der Waals surface area contributed by atoms with Crippen molar-refractivity contribution in [1.82, 2.24) is 5.32 Å². The van der Waals surface area contributed by atoms with Crippen molar-refractivity contribution < 1.29 is 0 Å². The molecule has 0 saturated heterocycles. The molecule has 0 bridgehead atoms. The normalized spacial score (nSPS) is 10.9. The summed E-state index contributed by atoms with van der Waals surface area (Å²) in [6, 6.07) is 0. The van der Waals surface area contributed by atoms with Crippen molar-refractivity contribution in [2.24, 2.45) is 4.99 Å². The van der Waals surface area contributed by atoms with Crippen molar-refractivity contribution in [2.45, 2.75) is 0 Å². The number of allylic oxidation sites excluding steroid dienone is 2. The van der Waals surface area contributed by atoms with Crippen molar-refractivity contribution in [1.29, 1.82) is 0 Å². The Morgan fingerprint density at radius 1 is 1.67 bits per heavy atom. The first kappa shape index (κ1) is 7.95. The first-order chi connectivity index (χ1) is 4.31. The van der Waals surface area contributed by atoms with E-state index in [9.17, 15) is 0 Å². The lowest BCUT2D eigenvalue weighted by molar-refractivity contribution is 1.04. The summed E-state index contributed by atoms with van der Waals surface area (Å²) in [6.07, 6.45) is 5.40. The standard InChI is InChI=1S/C7H12N2/c1-7(9-3)5-4-6-8-2/h4-6,9H,1H2,2-3H3/b5-4-,8-6?. The summed E-state index contributed by atoms with van der Waals surface area (Å²) >= 11 is 0. The minimum absolute atomic E-state index is 0.884. The molecule has 0 radical (unpaired) electrons. The number of likely N-dealkylation sites (N-methyl/N-ethyl adjacent to an activating group) is 1. The van der Waals surface area contributed by atoms with Crippen molar-refractivity contribution >= 4 is 6.21 Å². The minimum Gasteiger partial charge on any atom is -0.389 e. The summed E-state index contributed by atoms with van der Waals surface area (Å²) in [6.45, 7) is 3.69. The van der Waals surface area contributed by atoms with Crippen LogP contribution in [0.25, 0.3) is 0 Å². The van der Waals surface area contributed by atoms with Crippen LogP contribution >= 0.6 is 0 Å². The van der Waals surface area contributed by atoms with Crippen LogP contribution in [0.5, 0.6) is 0 Å². The van der Waals surface area contributed by atoms with E-state index < -0.39 is 0 Å². The average molecular weight is 124 g/mol. The molecule has 0 aliphatic carbocycles. The summed E-state index contributed by atoms with van der Waals surface area (Å²) in [7, 11) is 3.56. The fourth-order valence-corrected chi connectivity index (χ4v) is 0.329. The predicted molar refractivity (Wildman–Crippen MR) is 41.8 cm³/mol. The highest BCUT2D eigenvalue weighted by Gasteiger charge is 1.73. The lowest BCUT2D eigenvalue weighted by Gasteiger charge is -1.92. The molecule has 0 aliphatic rings. The second kappa shape index (κ2) is 5.09. The van der Waals surface area contributed by atoms with Gasteiger partial charge in [-0.2, -0.15) is 0 Å². The Bertz CT molecular complexity index is 134. The fraction of sp³-hybridized carbons (Fsp3) is 0.286. The quantitative estimate of drug-likeness (QED) is 0.440. The molecule has 50 valence electrons. The molecule has 2 nitrogen and oxygen atoms in total. The Kier molecular flexibility index (Phi) is 4.50. The molecular weight excluding hydrogens is 112 g/mol. The molecular formula is C7H12N2. The van der Waals surface area contributed by atoms with Gasteiger partial charge >= 0.3 is 0 Å². The molecule has 0 aliphatic heterocycles. The van der Waals surface area contributed by atoms with Gasteiger partial charge in [0.05, 0.1) is 0 Å². The summed E-state index contributed by atoms with van der Waals surface area (Å²) in [5.74, 6) is 0. The second-order valence-corrected chi connectivity index (χ2v) is 1.54. The van der Waals surface area contributed by atoms with Gasteiger partial charge in [0.25, 0.3) is 0 Å². The highest BCUT2D eigenvalue weighted by molar-refractivity contribution is 5.71. The Hall–Kier alpha value is -1.05. The van der Waals surface area contributed by atoms with E-state index in [-0.39, 0.29) is 0 Å². The Labute approximate surface area is 56.0 Å². The minimum atomic E-state index is 0.884. The van der Waals surface area contributed by atoms with Crippen LogP contribution < -0.4 is 5.32 Å². The van der Waals surface area contributed by atoms with E-state index in [1.807, 2.05) is 19.2 Å².